The fourth-order valence-corrected chi connectivity index (χ4v) is 3.59. The molecular weight excluding hydrogens is 204 g/mol. The molecule has 0 aliphatic heterocycles. The summed E-state index contributed by atoms with van der Waals surface area (Å²) < 4.78 is 23.1. The number of aliphatic hydroxyl groups excluding tert-OH is 2. The zero-order chi connectivity index (χ0) is 10.8. The van der Waals surface area contributed by atoms with Crippen molar-refractivity contribution in [1.29, 1.82) is 0 Å². The van der Waals surface area contributed by atoms with E-state index in [9.17, 15) is 8.42 Å². The molecule has 0 radical (unpaired) electrons. The molecule has 0 spiro atoms. The van der Waals surface area contributed by atoms with Crippen LogP contribution in [0, 0.1) is 5.41 Å². The van der Waals surface area contributed by atoms with Crippen molar-refractivity contribution in [2.24, 2.45) is 5.41 Å². The molecule has 1 fully saturated rings. The Bertz CT molecular complexity index is 279. The van der Waals surface area contributed by atoms with E-state index < -0.39 is 15.3 Å². The van der Waals surface area contributed by atoms with Gasteiger partial charge in [-0.25, -0.2) is 8.42 Å². The minimum absolute atomic E-state index is 0.126. The van der Waals surface area contributed by atoms with E-state index in [0.29, 0.717) is 19.3 Å². The summed E-state index contributed by atoms with van der Waals surface area (Å²) in [4.78, 5) is 0. The Hall–Kier alpha value is -0.130. The van der Waals surface area contributed by atoms with Crippen molar-refractivity contribution < 1.29 is 18.6 Å². The van der Waals surface area contributed by atoms with Gasteiger partial charge in [0.1, 0.15) is 0 Å². The first-order valence-corrected chi connectivity index (χ1v) is 6.64. The Morgan fingerprint density at radius 3 is 2.29 bits per heavy atom. The minimum Gasteiger partial charge on any atom is -0.396 e. The van der Waals surface area contributed by atoms with Gasteiger partial charge in [0.05, 0.1) is 18.5 Å². The number of aliphatic hydroxyl groups is 2. The molecule has 0 heterocycles. The fourth-order valence-electron chi connectivity index (χ4n) is 2.03. The zero-order valence-corrected chi connectivity index (χ0v) is 9.26. The number of hydrogen-bond acceptors (Lipinski definition) is 4. The molecule has 0 aromatic carbocycles. The van der Waals surface area contributed by atoms with Crippen molar-refractivity contribution >= 4 is 9.84 Å². The Morgan fingerprint density at radius 2 is 1.93 bits per heavy atom. The summed E-state index contributed by atoms with van der Waals surface area (Å²) in [7, 11) is -3.01. The lowest BCUT2D eigenvalue weighted by Gasteiger charge is -2.23. The van der Waals surface area contributed by atoms with Crippen LogP contribution in [0.1, 0.15) is 26.2 Å². The van der Waals surface area contributed by atoms with Crippen LogP contribution in [0.4, 0.5) is 0 Å². The first-order chi connectivity index (χ1) is 6.49. The van der Waals surface area contributed by atoms with Gasteiger partial charge in [-0.2, -0.15) is 0 Å². The largest absolute Gasteiger partial charge is 0.396 e. The second-order valence-corrected chi connectivity index (χ2v) is 6.70. The summed E-state index contributed by atoms with van der Waals surface area (Å²) in [6.07, 6.45) is 1.57. The van der Waals surface area contributed by atoms with Gasteiger partial charge in [-0.15, -0.1) is 0 Å². The quantitative estimate of drug-likeness (QED) is 0.699. The lowest BCUT2D eigenvalue weighted by Crippen LogP contribution is -2.29. The molecule has 0 aromatic heterocycles. The number of hydrogen-bond donors (Lipinski definition) is 2. The third-order valence-corrected chi connectivity index (χ3v) is 5.46. The second kappa shape index (κ2) is 4.16. The molecule has 2 N–H and O–H groups in total. The maximum absolute atomic E-state index is 11.6. The van der Waals surface area contributed by atoms with E-state index in [1.807, 2.05) is 0 Å². The highest BCUT2D eigenvalue weighted by molar-refractivity contribution is 7.92. The fraction of sp³-hybridized carbons (Fsp3) is 1.00. The predicted octanol–water partition coefficient (Wildman–Crippen LogP) is -0.0554. The maximum atomic E-state index is 11.6. The van der Waals surface area contributed by atoms with Crippen LogP contribution in [0.25, 0.3) is 0 Å². The van der Waals surface area contributed by atoms with Crippen LogP contribution in [0.2, 0.25) is 0 Å². The highest BCUT2D eigenvalue weighted by Gasteiger charge is 2.42. The molecule has 0 bridgehead atoms. The van der Waals surface area contributed by atoms with Gasteiger partial charge in [0, 0.05) is 11.2 Å². The van der Waals surface area contributed by atoms with Crippen LogP contribution in [0.15, 0.2) is 0 Å². The molecule has 1 atom stereocenters. The standard InChI is InChI=1S/C9H18O4S/c1-2-14(12,13)8-3-4-9(5-8,6-10)7-11/h8,10-11H,2-7H2,1H3. The smallest absolute Gasteiger partial charge is 0.152 e. The van der Waals surface area contributed by atoms with Gasteiger partial charge in [-0.1, -0.05) is 6.92 Å². The predicted molar refractivity (Wildman–Crippen MR) is 53.7 cm³/mol. The van der Waals surface area contributed by atoms with Crippen molar-refractivity contribution in [2.75, 3.05) is 19.0 Å². The van der Waals surface area contributed by atoms with Gasteiger partial charge in [0.2, 0.25) is 0 Å². The molecule has 4 nitrogen and oxygen atoms in total. The SMILES string of the molecule is CCS(=O)(=O)C1CCC(CO)(CO)C1. The van der Waals surface area contributed by atoms with Crippen molar-refractivity contribution in [1.82, 2.24) is 0 Å². The lowest BCUT2D eigenvalue weighted by atomic mass is 9.89. The van der Waals surface area contributed by atoms with Crippen molar-refractivity contribution in [3.63, 3.8) is 0 Å². The van der Waals surface area contributed by atoms with Gasteiger partial charge in [-0.3, -0.25) is 0 Å². The van der Waals surface area contributed by atoms with E-state index in [1.54, 1.807) is 6.92 Å². The summed E-state index contributed by atoms with van der Waals surface area (Å²) >= 11 is 0. The van der Waals surface area contributed by atoms with Crippen molar-refractivity contribution in [3.05, 3.63) is 0 Å². The average Bonchev–Trinajstić information content (AvgIpc) is 2.63. The molecule has 14 heavy (non-hydrogen) atoms. The summed E-state index contributed by atoms with van der Waals surface area (Å²) in [5, 5.41) is 17.9. The monoisotopic (exact) mass is 222 g/mol. The Labute approximate surface area is 84.9 Å². The van der Waals surface area contributed by atoms with Gasteiger partial charge < -0.3 is 10.2 Å². The molecule has 0 aromatic rings. The highest BCUT2D eigenvalue weighted by atomic mass is 32.2. The summed E-state index contributed by atoms with van der Waals surface area (Å²) in [6.45, 7) is 1.38. The molecule has 0 saturated heterocycles. The summed E-state index contributed by atoms with van der Waals surface area (Å²) in [5.41, 5.74) is -0.563. The minimum atomic E-state index is -3.01. The van der Waals surface area contributed by atoms with Gasteiger partial charge in [-0.05, 0) is 19.3 Å². The Kier molecular flexibility index (Phi) is 3.55. The van der Waals surface area contributed by atoms with Crippen molar-refractivity contribution in [3.8, 4) is 0 Å². The molecule has 5 heteroatoms. The van der Waals surface area contributed by atoms with Crippen LogP contribution in [0.5, 0.6) is 0 Å². The van der Waals surface area contributed by atoms with Gasteiger partial charge >= 0.3 is 0 Å². The Morgan fingerprint density at radius 1 is 1.36 bits per heavy atom. The normalized spacial score (nSPS) is 26.6. The average molecular weight is 222 g/mol. The topological polar surface area (TPSA) is 74.6 Å². The molecule has 1 rings (SSSR count). The summed E-state index contributed by atoms with van der Waals surface area (Å²) in [6, 6.07) is 0. The molecule has 84 valence electrons. The third-order valence-electron chi connectivity index (χ3n) is 3.24. The molecular formula is C9H18O4S. The van der Waals surface area contributed by atoms with Crippen LogP contribution in [0.3, 0.4) is 0 Å². The van der Waals surface area contributed by atoms with E-state index in [-0.39, 0.29) is 24.2 Å². The van der Waals surface area contributed by atoms with E-state index in [0.717, 1.165) is 0 Å². The Balaban J connectivity index is 2.74. The maximum Gasteiger partial charge on any atom is 0.152 e. The number of sulfone groups is 1. The zero-order valence-electron chi connectivity index (χ0n) is 8.44. The van der Waals surface area contributed by atoms with E-state index in [4.69, 9.17) is 10.2 Å². The summed E-state index contributed by atoms with van der Waals surface area (Å²) in [5.74, 6) is 0.143. The highest BCUT2D eigenvalue weighted by Crippen LogP contribution is 2.40. The van der Waals surface area contributed by atoms with Crippen LogP contribution in [-0.2, 0) is 9.84 Å². The van der Waals surface area contributed by atoms with Crippen LogP contribution >= 0.6 is 0 Å². The van der Waals surface area contributed by atoms with Crippen molar-refractivity contribution in [2.45, 2.75) is 31.4 Å². The second-order valence-electron chi connectivity index (χ2n) is 4.13. The first kappa shape index (κ1) is 11.9. The number of rotatable bonds is 4. The van der Waals surface area contributed by atoms with E-state index in [1.165, 1.54) is 0 Å². The van der Waals surface area contributed by atoms with Gasteiger partial charge in [0.15, 0.2) is 9.84 Å². The first-order valence-electron chi connectivity index (χ1n) is 4.93. The molecule has 0 amide bonds. The molecule has 1 aliphatic carbocycles. The van der Waals surface area contributed by atoms with E-state index >= 15 is 0 Å². The van der Waals surface area contributed by atoms with Crippen LogP contribution in [-0.4, -0.2) is 42.8 Å². The molecule has 1 aliphatic rings. The van der Waals surface area contributed by atoms with E-state index in [2.05, 4.69) is 0 Å². The molecule has 1 unspecified atom stereocenters. The molecule has 1 saturated carbocycles. The van der Waals surface area contributed by atoms with Crippen LogP contribution < -0.4 is 0 Å². The third kappa shape index (κ3) is 2.10. The van der Waals surface area contributed by atoms with Gasteiger partial charge in [0.25, 0.3) is 0 Å². The lowest BCUT2D eigenvalue weighted by molar-refractivity contribution is 0.0608.